The van der Waals surface area contributed by atoms with Gasteiger partial charge < -0.3 is 15.2 Å². The second kappa shape index (κ2) is 4.39. The summed E-state index contributed by atoms with van der Waals surface area (Å²) in [4.78, 5) is 15.4. The first kappa shape index (κ1) is 10.1. The van der Waals surface area contributed by atoms with Gasteiger partial charge >= 0.3 is 0 Å². The van der Waals surface area contributed by atoms with Crippen LogP contribution in [0.3, 0.4) is 0 Å². The van der Waals surface area contributed by atoms with Crippen LogP contribution in [0.4, 0.5) is 0 Å². The van der Waals surface area contributed by atoms with Crippen LogP contribution in [0.25, 0.3) is 0 Å². The van der Waals surface area contributed by atoms with Gasteiger partial charge in [-0.05, 0) is 19.9 Å². The van der Waals surface area contributed by atoms with Crippen molar-refractivity contribution in [3.8, 4) is 0 Å². The molecular formula is C9H14N4O2. The van der Waals surface area contributed by atoms with Gasteiger partial charge in [-0.1, -0.05) is 5.16 Å². The van der Waals surface area contributed by atoms with Crippen LogP contribution in [0.5, 0.6) is 0 Å². The standard InChI is InChI=1S/C9H14N4O2/c1-2-11-8(14)7-12-9(15-13-7)6-3-4-10-5-6/h6,10H,2-5H2,1H3,(H,11,14). The van der Waals surface area contributed by atoms with E-state index in [4.69, 9.17) is 4.52 Å². The number of nitrogens with one attached hydrogen (secondary N) is 2. The van der Waals surface area contributed by atoms with E-state index in [2.05, 4.69) is 20.8 Å². The fourth-order valence-corrected chi connectivity index (χ4v) is 1.60. The van der Waals surface area contributed by atoms with E-state index in [0.717, 1.165) is 19.5 Å². The van der Waals surface area contributed by atoms with Gasteiger partial charge in [-0.3, -0.25) is 4.79 Å². The molecule has 6 nitrogen and oxygen atoms in total. The number of hydrogen-bond acceptors (Lipinski definition) is 5. The van der Waals surface area contributed by atoms with Gasteiger partial charge in [0.05, 0.1) is 5.92 Å². The van der Waals surface area contributed by atoms with Crippen LogP contribution >= 0.6 is 0 Å². The molecular weight excluding hydrogens is 196 g/mol. The molecule has 0 radical (unpaired) electrons. The summed E-state index contributed by atoms with van der Waals surface area (Å²) in [6, 6.07) is 0. The lowest BCUT2D eigenvalue weighted by Gasteiger charge is -1.98. The van der Waals surface area contributed by atoms with Crippen molar-refractivity contribution in [3.05, 3.63) is 11.7 Å². The van der Waals surface area contributed by atoms with Gasteiger partial charge in [-0.15, -0.1) is 0 Å². The first-order valence-corrected chi connectivity index (χ1v) is 5.13. The molecule has 0 aromatic carbocycles. The highest BCUT2D eigenvalue weighted by atomic mass is 16.5. The van der Waals surface area contributed by atoms with Crippen molar-refractivity contribution in [1.29, 1.82) is 0 Å². The van der Waals surface area contributed by atoms with E-state index >= 15 is 0 Å². The van der Waals surface area contributed by atoms with E-state index in [9.17, 15) is 4.79 Å². The van der Waals surface area contributed by atoms with E-state index in [0.29, 0.717) is 12.4 Å². The number of carbonyl (C=O) groups is 1. The Labute approximate surface area is 87.4 Å². The van der Waals surface area contributed by atoms with Crippen molar-refractivity contribution in [2.75, 3.05) is 19.6 Å². The molecule has 2 N–H and O–H groups in total. The minimum Gasteiger partial charge on any atom is -0.349 e. The zero-order valence-corrected chi connectivity index (χ0v) is 8.62. The van der Waals surface area contributed by atoms with Gasteiger partial charge in [0.1, 0.15) is 0 Å². The summed E-state index contributed by atoms with van der Waals surface area (Å²) in [5.74, 6) is 0.652. The monoisotopic (exact) mass is 210 g/mol. The molecule has 1 fully saturated rings. The summed E-state index contributed by atoms with van der Waals surface area (Å²) in [5, 5.41) is 9.49. The molecule has 15 heavy (non-hydrogen) atoms. The average molecular weight is 210 g/mol. The molecule has 0 aliphatic carbocycles. The molecule has 2 rings (SSSR count). The molecule has 1 atom stereocenters. The van der Waals surface area contributed by atoms with Crippen molar-refractivity contribution in [2.24, 2.45) is 0 Å². The number of amides is 1. The Morgan fingerprint density at radius 1 is 1.73 bits per heavy atom. The molecule has 0 spiro atoms. The first-order valence-electron chi connectivity index (χ1n) is 5.13. The smallest absolute Gasteiger partial charge is 0.292 e. The largest absolute Gasteiger partial charge is 0.349 e. The van der Waals surface area contributed by atoms with Gasteiger partial charge in [0.25, 0.3) is 11.7 Å². The Morgan fingerprint density at radius 3 is 3.27 bits per heavy atom. The van der Waals surface area contributed by atoms with Crippen LogP contribution in [0.2, 0.25) is 0 Å². The quantitative estimate of drug-likeness (QED) is 0.728. The van der Waals surface area contributed by atoms with E-state index in [1.807, 2.05) is 6.92 Å². The molecule has 82 valence electrons. The van der Waals surface area contributed by atoms with Crippen LogP contribution in [-0.2, 0) is 0 Å². The lowest BCUT2D eigenvalue weighted by Crippen LogP contribution is -2.23. The maximum Gasteiger partial charge on any atom is 0.292 e. The Morgan fingerprint density at radius 2 is 2.60 bits per heavy atom. The highest BCUT2D eigenvalue weighted by molar-refractivity contribution is 5.90. The van der Waals surface area contributed by atoms with Gasteiger partial charge in [0, 0.05) is 13.1 Å². The molecule has 1 amide bonds. The van der Waals surface area contributed by atoms with Gasteiger partial charge in [-0.2, -0.15) is 4.98 Å². The fraction of sp³-hybridized carbons (Fsp3) is 0.667. The third kappa shape index (κ3) is 2.15. The maximum atomic E-state index is 11.4. The van der Waals surface area contributed by atoms with E-state index in [1.165, 1.54) is 0 Å². The summed E-state index contributed by atoms with van der Waals surface area (Å²) < 4.78 is 5.05. The molecule has 1 aliphatic heterocycles. The van der Waals surface area contributed by atoms with Crippen LogP contribution in [-0.4, -0.2) is 35.7 Å². The van der Waals surface area contributed by atoms with Gasteiger partial charge in [-0.25, -0.2) is 0 Å². The Balaban J connectivity index is 2.06. The summed E-state index contributed by atoms with van der Waals surface area (Å²) >= 11 is 0. The lowest BCUT2D eigenvalue weighted by molar-refractivity contribution is 0.0942. The molecule has 1 saturated heterocycles. The molecule has 1 unspecified atom stereocenters. The van der Waals surface area contributed by atoms with Crippen molar-refractivity contribution in [3.63, 3.8) is 0 Å². The van der Waals surface area contributed by atoms with Crippen LogP contribution < -0.4 is 10.6 Å². The SMILES string of the molecule is CCNC(=O)c1noc(C2CCNC2)n1. The van der Waals surface area contributed by atoms with Crippen LogP contribution in [0, 0.1) is 0 Å². The Hall–Kier alpha value is -1.43. The molecule has 1 aliphatic rings. The number of carbonyl (C=O) groups excluding carboxylic acids is 1. The normalized spacial score (nSPS) is 20.5. The summed E-state index contributed by atoms with van der Waals surface area (Å²) in [7, 11) is 0. The second-order valence-electron chi connectivity index (χ2n) is 3.51. The highest BCUT2D eigenvalue weighted by Crippen LogP contribution is 2.19. The van der Waals surface area contributed by atoms with Gasteiger partial charge in [0.2, 0.25) is 5.89 Å². The zero-order chi connectivity index (χ0) is 10.7. The van der Waals surface area contributed by atoms with E-state index in [-0.39, 0.29) is 17.6 Å². The van der Waals surface area contributed by atoms with Crippen LogP contribution in [0.15, 0.2) is 4.52 Å². The Bertz CT molecular complexity index is 344. The van der Waals surface area contributed by atoms with E-state index < -0.39 is 0 Å². The fourth-order valence-electron chi connectivity index (χ4n) is 1.60. The van der Waals surface area contributed by atoms with Crippen molar-refractivity contribution in [2.45, 2.75) is 19.3 Å². The number of rotatable bonds is 3. The number of aromatic nitrogens is 2. The summed E-state index contributed by atoms with van der Waals surface area (Å²) in [6.45, 7) is 4.22. The maximum absolute atomic E-state index is 11.4. The van der Waals surface area contributed by atoms with Crippen molar-refractivity contribution < 1.29 is 9.32 Å². The molecule has 1 aromatic heterocycles. The third-order valence-electron chi connectivity index (χ3n) is 2.39. The Kier molecular flexibility index (Phi) is 2.96. The number of nitrogens with zero attached hydrogens (tertiary/aromatic N) is 2. The molecule has 0 saturated carbocycles. The minimum atomic E-state index is -0.279. The molecule has 1 aromatic rings. The predicted octanol–water partition coefficient (Wildman–Crippen LogP) is -0.104. The topological polar surface area (TPSA) is 80.0 Å². The predicted molar refractivity (Wildman–Crippen MR) is 52.5 cm³/mol. The third-order valence-corrected chi connectivity index (χ3v) is 2.39. The minimum absolute atomic E-state index is 0.124. The van der Waals surface area contributed by atoms with Crippen molar-refractivity contribution >= 4 is 5.91 Å². The molecule has 0 bridgehead atoms. The molecule has 6 heteroatoms. The lowest BCUT2D eigenvalue weighted by atomic mass is 10.1. The average Bonchev–Trinajstić information content (AvgIpc) is 2.89. The molecule has 2 heterocycles. The van der Waals surface area contributed by atoms with Crippen molar-refractivity contribution in [1.82, 2.24) is 20.8 Å². The number of hydrogen-bond donors (Lipinski definition) is 2. The zero-order valence-electron chi connectivity index (χ0n) is 8.62. The summed E-state index contributed by atoms with van der Waals surface area (Å²) in [6.07, 6.45) is 0.983. The van der Waals surface area contributed by atoms with Crippen LogP contribution in [0.1, 0.15) is 35.8 Å². The first-order chi connectivity index (χ1) is 7.31. The van der Waals surface area contributed by atoms with E-state index in [1.54, 1.807) is 0 Å². The second-order valence-corrected chi connectivity index (χ2v) is 3.51. The van der Waals surface area contributed by atoms with Gasteiger partial charge in [0.15, 0.2) is 0 Å². The highest BCUT2D eigenvalue weighted by Gasteiger charge is 2.24. The summed E-state index contributed by atoms with van der Waals surface area (Å²) in [5.41, 5.74) is 0.